The monoisotopic (exact) mass is 350 g/mol. The van der Waals surface area contributed by atoms with E-state index in [2.05, 4.69) is 37.3 Å². The van der Waals surface area contributed by atoms with Crippen LogP contribution in [-0.4, -0.2) is 18.3 Å². The van der Waals surface area contributed by atoms with Crippen molar-refractivity contribution in [1.29, 1.82) is 0 Å². The molecule has 0 spiro atoms. The van der Waals surface area contributed by atoms with Crippen LogP contribution >= 0.6 is 0 Å². The van der Waals surface area contributed by atoms with Gasteiger partial charge in [-0.3, -0.25) is 0 Å². The fraction of sp³-hybridized carbons (Fsp3) is 0.647. The zero-order valence-electron chi connectivity index (χ0n) is 13.8. The SMILES string of the molecule is CCCCCCCC[S+](c1ccccc1)C1CC1.F[B-](F)(F)F. The largest absolute Gasteiger partial charge is 0.673 e. The van der Waals surface area contributed by atoms with Gasteiger partial charge in [0.05, 0.1) is 0 Å². The van der Waals surface area contributed by atoms with E-state index in [0.29, 0.717) is 10.9 Å². The van der Waals surface area contributed by atoms with Gasteiger partial charge >= 0.3 is 7.25 Å². The molecule has 132 valence electrons. The highest BCUT2D eigenvalue weighted by Gasteiger charge is 2.41. The predicted molar refractivity (Wildman–Crippen MR) is 93.5 cm³/mol. The molecule has 23 heavy (non-hydrogen) atoms. The topological polar surface area (TPSA) is 0 Å². The number of unbranched alkanes of at least 4 members (excludes halogenated alkanes) is 5. The smallest absolute Gasteiger partial charge is 0.418 e. The molecule has 0 bridgehead atoms. The van der Waals surface area contributed by atoms with Gasteiger partial charge in [0, 0.05) is 23.7 Å². The van der Waals surface area contributed by atoms with E-state index in [-0.39, 0.29) is 0 Å². The fourth-order valence-corrected chi connectivity index (χ4v) is 5.14. The third-order valence-electron chi connectivity index (χ3n) is 3.69. The Bertz CT molecular complexity index is 401. The summed E-state index contributed by atoms with van der Waals surface area (Å²) in [4.78, 5) is 1.62. The van der Waals surface area contributed by atoms with Gasteiger partial charge in [-0.25, -0.2) is 0 Å². The van der Waals surface area contributed by atoms with E-state index < -0.39 is 7.25 Å². The molecule has 1 aromatic rings. The Balaban J connectivity index is 0.000000463. The normalized spacial score (nSPS) is 15.7. The van der Waals surface area contributed by atoms with Crippen LogP contribution in [0.5, 0.6) is 0 Å². The van der Waals surface area contributed by atoms with Crippen molar-refractivity contribution >= 4 is 18.1 Å². The Morgan fingerprint density at radius 2 is 1.43 bits per heavy atom. The van der Waals surface area contributed by atoms with Crippen LogP contribution in [0, 0.1) is 0 Å². The zero-order valence-corrected chi connectivity index (χ0v) is 14.6. The first-order chi connectivity index (χ1) is 10.9. The minimum Gasteiger partial charge on any atom is -0.418 e. The minimum atomic E-state index is -6.00. The standard InChI is InChI=1S/C17H27S.BF4/c1-2-3-4-5-6-10-15-18(17-13-14-17)16-11-8-7-9-12-16;2-1(3,4)5/h7-9,11-12,17H,2-6,10,13-15H2,1H3;/q+1;-1. The third-order valence-corrected chi connectivity index (χ3v) is 6.57. The van der Waals surface area contributed by atoms with Crippen LogP contribution in [0.15, 0.2) is 35.2 Å². The summed E-state index contributed by atoms with van der Waals surface area (Å²) < 4.78 is 39.0. The van der Waals surface area contributed by atoms with Gasteiger partial charge in [-0.15, -0.1) is 0 Å². The van der Waals surface area contributed by atoms with E-state index in [1.807, 2.05) is 0 Å². The molecule has 1 aliphatic rings. The summed E-state index contributed by atoms with van der Waals surface area (Å²) in [6.07, 6.45) is 11.5. The molecule has 0 aromatic heterocycles. The summed E-state index contributed by atoms with van der Waals surface area (Å²) in [6.45, 7) is 2.29. The van der Waals surface area contributed by atoms with Crippen molar-refractivity contribution in [3.63, 3.8) is 0 Å². The van der Waals surface area contributed by atoms with Crippen molar-refractivity contribution in [2.75, 3.05) is 5.75 Å². The molecule has 0 heterocycles. The molecule has 1 aromatic carbocycles. The first kappa shape index (κ1) is 20.4. The average molecular weight is 350 g/mol. The number of rotatable bonds is 9. The van der Waals surface area contributed by atoms with Gasteiger partial charge in [-0.05, 0) is 25.0 Å². The second-order valence-electron chi connectivity index (χ2n) is 5.91. The Kier molecular flexibility index (Phi) is 9.76. The van der Waals surface area contributed by atoms with Gasteiger partial charge in [-0.2, -0.15) is 0 Å². The molecule has 1 atom stereocenters. The molecule has 1 saturated carbocycles. The van der Waals surface area contributed by atoms with E-state index in [4.69, 9.17) is 0 Å². The Hall–Kier alpha value is -0.645. The lowest BCUT2D eigenvalue weighted by molar-refractivity contribution is 0.368. The Morgan fingerprint density at radius 1 is 0.913 bits per heavy atom. The summed E-state index contributed by atoms with van der Waals surface area (Å²) in [6, 6.07) is 11.2. The molecule has 0 saturated heterocycles. The molecule has 1 fully saturated rings. The van der Waals surface area contributed by atoms with Crippen LogP contribution in [0.3, 0.4) is 0 Å². The maximum atomic E-state index is 9.75. The molecule has 0 nitrogen and oxygen atoms in total. The summed E-state index contributed by atoms with van der Waals surface area (Å²) in [5, 5.41) is 1.03. The molecule has 0 amide bonds. The van der Waals surface area contributed by atoms with E-state index in [1.54, 1.807) is 4.90 Å². The van der Waals surface area contributed by atoms with Crippen molar-refractivity contribution in [3.8, 4) is 0 Å². The van der Waals surface area contributed by atoms with Crippen LogP contribution in [0.25, 0.3) is 0 Å². The van der Waals surface area contributed by atoms with Crippen molar-refractivity contribution in [1.82, 2.24) is 0 Å². The van der Waals surface area contributed by atoms with Crippen molar-refractivity contribution in [2.45, 2.75) is 68.4 Å². The summed E-state index contributed by atoms with van der Waals surface area (Å²) in [5.74, 6) is 1.45. The number of benzene rings is 1. The first-order valence-corrected chi connectivity index (χ1v) is 9.99. The summed E-state index contributed by atoms with van der Waals surface area (Å²) in [5.41, 5.74) is 0. The van der Waals surface area contributed by atoms with Gasteiger partial charge in [0.15, 0.2) is 4.90 Å². The highest BCUT2D eigenvalue weighted by atomic mass is 32.2. The number of hydrogen-bond acceptors (Lipinski definition) is 0. The lowest BCUT2D eigenvalue weighted by atomic mass is 10.1. The van der Waals surface area contributed by atoms with E-state index in [0.717, 1.165) is 5.25 Å². The van der Waals surface area contributed by atoms with E-state index >= 15 is 0 Å². The van der Waals surface area contributed by atoms with Crippen LogP contribution in [0.4, 0.5) is 17.3 Å². The van der Waals surface area contributed by atoms with Crippen LogP contribution in [-0.2, 0) is 10.9 Å². The van der Waals surface area contributed by atoms with Gasteiger partial charge < -0.3 is 17.3 Å². The van der Waals surface area contributed by atoms with Crippen molar-refractivity contribution in [2.24, 2.45) is 0 Å². The van der Waals surface area contributed by atoms with Gasteiger partial charge in [-0.1, -0.05) is 50.8 Å². The molecule has 2 rings (SSSR count). The van der Waals surface area contributed by atoms with Crippen molar-refractivity contribution < 1.29 is 17.3 Å². The summed E-state index contributed by atoms with van der Waals surface area (Å²) in [7, 11) is -5.44. The quantitative estimate of drug-likeness (QED) is 0.207. The van der Waals surface area contributed by atoms with Crippen LogP contribution in [0.1, 0.15) is 58.3 Å². The summed E-state index contributed by atoms with van der Waals surface area (Å²) >= 11 is 0. The second-order valence-corrected chi connectivity index (χ2v) is 8.31. The fourth-order valence-electron chi connectivity index (χ4n) is 2.46. The minimum absolute atomic E-state index is 0.564. The van der Waals surface area contributed by atoms with E-state index in [9.17, 15) is 17.3 Å². The second kappa shape index (κ2) is 11.0. The number of halogens is 4. The molecule has 1 unspecified atom stereocenters. The van der Waals surface area contributed by atoms with Crippen LogP contribution in [0.2, 0.25) is 0 Å². The molecule has 0 aliphatic heterocycles. The number of hydrogen-bond donors (Lipinski definition) is 0. The molecule has 0 N–H and O–H groups in total. The van der Waals surface area contributed by atoms with Gasteiger partial charge in [0.25, 0.3) is 0 Å². The third kappa shape index (κ3) is 11.5. The average Bonchev–Trinajstić information content (AvgIpc) is 3.30. The molecule has 6 heteroatoms. The first-order valence-electron chi connectivity index (χ1n) is 8.54. The van der Waals surface area contributed by atoms with Gasteiger partial charge in [0.2, 0.25) is 0 Å². The highest BCUT2D eigenvalue weighted by molar-refractivity contribution is 7.97. The van der Waals surface area contributed by atoms with Crippen LogP contribution < -0.4 is 0 Å². The zero-order chi connectivity index (χ0) is 17.1. The highest BCUT2D eigenvalue weighted by Crippen LogP contribution is 2.36. The molecular formula is C17H27BF4S. The maximum Gasteiger partial charge on any atom is 0.673 e. The van der Waals surface area contributed by atoms with E-state index in [1.165, 1.54) is 57.1 Å². The molecule has 0 radical (unpaired) electrons. The predicted octanol–water partition coefficient (Wildman–Crippen LogP) is 6.49. The lowest BCUT2D eigenvalue weighted by Crippen LogP contribution is -2.13. The molecular weight excluding hydrogens is 323 g/mol. The Labute approximate surface area is 140 Å². The van der Waals surface area contributed by atoms with Crippen molar-refractivity contribution in [3.05, 3.63) is 30.3 Å². The maximum absolute atomic E-state index is 9.75. The Morgan fingerprint density at radius 3 is 1.96 bits per heavy atom. The van der Waals surface area contributed by atoms with Gasteiger partial charge in [0.1, 0.15) is 11.0 Å². The lowest BCUT2D eigenvalue weighted by Gasteiger charge is -2.07. The molecule has 1 aliphatic carbocycles.